The molecule has 1 aliphatic rings. The number of amides is 2. The van der Waals surface area contributed by atoms with Gasteiger partial charge in [0.15, 0.2) is 5.76 Å². The first-order chi connectivity index (χ1) is 21.9. The third-order valence-corrected chi connectivity index (χ3v) is 7.91. The number of anilines is 1. The average Bonchev–Trinajstić information content (AvgIpc) is 3.72. The number of ether oxygens (including phenoxy) is 1. The summed E-state index contributed by atoms with van der Waals surface area (Å²) in [6.07, 6.45) is 3.66. The number of furan rings is 1. The quantitative estimate of drug-likeness (QED) is 0.227. The summed E-state index contributed by atoms with van der Waals surface area (Å²) in [6.45, 7) is 1.73. The summed E-state index contributed by atoms with van der Waals surface area (Å²) in [4.78, 5) is 31.2. The molecule has 1 aliphatic carbocycles. The fraction of sp³-hybridized carbons (Fsp3) is 0.265. The van der Waals surface area contributed by atoms with Gasteiger partial charge in [0.25, 0.3) is 5.91 Å². The molecule has 45 heavy (non-hydrogen) atoms. The smallest absolute Gasteiger partial charge is 0.251 e. The monoisotopic (exact) mass is 608 g/mol. The van der Waals surface area contributed by atoms with Crippen LogP contribution in [0.4, 0.5) is 10.1 Å². The number of halogens is 1. The summed E-state index contributed by atoms with van der Waals surface area (Å²) >= 11 is 0. The van der Waals surface area contributed by atoms with Crippen LogP contribution in [0.3, 0.4) is 0 Å². The lowest BCUT2D eigenvalue weighted by Crippen LogP contribution is -2.45. The third-order valence-electron chi connectivity index (χ3n) is 7.91. The number of aryl methyl sites for hydroxylation is 2. The average molecular weight is 609 g/mol. The lowest BCUT2D eigenvalue weighted by Gasteiger charge is -2.34. The number of hydrogen-bond acceptors (Lipinski definition) is 7. The van der Waals surface area contributed by atoms with Crippen molar-refractivity contribution in [2.75, 3.05) is 12.0 Å². The molecule has 230 valence electrons. The molecular weight excluding hydrogens is 575 g/mol. The number of rotatable bonds is 10. The molecule has 11 heteroatoms. The van der Waals surface area contributed by atoms with E-state index in [4.69, 9.17) is 9.15 Å². The lowest BCUT2D eigenvalue weighted by molar-refractivity contribution is -0.127. The van der Waals surface area contributed by atoms with Gasteiger partial charge in [-0.15, -0.1) is 10.2 Å². The van der Waals surface area contributed by atoms with Crippen LogP contribution in [0.15, 0.2) is 83.3 Å². The lowest BCUT2D eigenvalue weighted by atomic mass is 9.89. The molecule has 0 bridgehead atoms. The number of carbonyl (C=O) groups is 2. The number of nitrogens with one attached hydrogen (secondary N) is 1. The minimum Gasteiger partial charge on any atom is -0.497 e. The fourth-order valence-corrected chi connectivity index (χ4v) is 5.66. The van der Waals surface area contributed by atoms with Gasteiger partial charge in [0, 0.05) is 12.2 Å². The number of methoxy groups -OCH3 is 1. The summed E-state index contributed by atoms with van der Waals surface area (Å²) in [7, 11) is 1.59. The number of carbonyl (C=O) groups excluding carboxylic acids is 2. The Morgan fingerprint density at radius 2 is 1.80 bits per heavy atom. The molecule has 1 N–H and O–H groups in total. The van der Waals surface area contributed by atoms with Gasteiger partial charge < -0.3 is 14.5 Å². The van der Waals surface area contributed by atoms with Crippen molar-refractivity contribution in [2.24, 2.45) is 0 Å². The highest BCUT2D eigenvalue weighted by Crippen LogP contribution is 2.36. The van der Waals surface area contributed by atoms with E-state index in [-0.39, 0.29) is 18.9 Å². The summed E-state index contributed by atoms with van der Waals surface area (Å²) in [5.74, 6) is 0.778. The molecule has 1 atom stereocenters. The number of hydrogen-bond donors (Lipinski definition) is 1. The Bertz CT molecular complexity index is 1800. The Morgan fingerprint density at radius 3 is 2.53 bits per heavy atom. The van der Waals surface area contributed by atoms with Crippen LogP contribution in [0.2, 0.25) is 0 Å². The van der Waals surface area contributed by atoms with Gasteiger partial charge >= 0.3 is 0 Å². The summed E-state index contributed by atoms with van der Waals surface area (Å²) < 4.78 is 25.0. The predicted molar refractivity (Wildman–Crippen MR) is 165 cm³/mol. The highest BCUT2D eigenvalue weighted by atomic mass is 19.1. The molecular formula is C34H33FN6O4. The summed E-state index contributed by atoms with van der Waals surface area (Å²) in [6, 6.07) is 21.2. The van der Waals surface area contributed by atoms with Gasteiger partial charge in [-0.3, -0.25) is 14.5 Å². The summed E-state index contributed by atoms with van der Waals surface area (Å²) in [5, 5.41) is 15.5. The first kappa shape index (κ1) is 29.7. The molecule has 2 amide bonds. The van der Waals surface area contributed by atoms with Crippen LogP contribution in [0.5, 0.6) is 5.75 Å². The fourth-order valence-electron chi connectivity index (χ4n) is 5.66. The van der Waals surface area contributed by atoms with E-state index in [1.165, 1.54) is 34.0 Å². The van der Waals surface area contributed by atoms with Crippen LogP contribution in [0.25, 0.3) is 11.6 Å². The standard InChI is InChI=1S/C34H33FN6O4/c1-22-10-19-30(45-22)33-37-39-40(38-33)21-31(42)41(29-9-5-7-24-6-3-4-8-28(24)29)32(25-13-15-26(35)16-14-25)34(43)36-20-23-11-17-27(44-2)18-12-23/h5,7,9-19,32H,3-4,6,8,20-21H2,1-2H3,(H,36,43). The molecule has 0 spiro atoms. The van der Waals surface area contributed by atoms with E-state index in [0.717, 1.165) is 42.4 Å². The zero-order valence-electron chi connectivity index (χ0n) is 25.1. The molecule has 6 rings (SSSR count). The first-order valence-electron chi connectivity index (χ1n) is 14.8. The van der Waals surface area contributed by atoms with Gasteiger partial charge in [0.1, 0.15) is 29.9 Å². The van der Waals surface area contributed by atoms with Crippen LogP contribution in [-0.2, 0) is 35.5 Å². The predicted octanol–water partition coefficient (Wildman–Crippen LogP) is 5.36. The van der Waals surface area contributed by atoms with E-state index in [2.05, 4.69) is 26.8 Å². The molecule has 2 heterocycles. The van der Waals surface area contributed by atoms with Gasteiger partial charge in [-0.2, -0.15) is 4.80 Å². The van der Waals surface area contributed by atoms with Crippen molar-refractivity contribution in [3.63, 3.8) is 0 Å². The van der Waals surface area contributed by atoms with Crippen molar-refractivity contribution in [1.29, 1.82) is 0 Å². The Kier molecular flexibility index (Phi) is 8.68. The first-order valence-corrected chi connectivity index (χ1v) is 14.8. The second-order valence-corrected chi connectivity index (χ2v) is 11.0. The van der Waals surface area contributed by atoms with Gasteiger partial charge in [-0.1, -0.05) is 36.4 Å². The van der Waals surface area contributed by atoms with Crippen molar-refractivity contribution < 1.29 is 23.1 Å². The number of fused-ring (bicyclic) bond motifs is 1. The zero-order valence-corrected chi connectivity index (χ0v) is 25.1. The van der Waals surface area contributed by atoms with Gasteiger partial charge in [0.2, 0.25) is 11.7 Å². The molecule has 0 fully saturated rings. The van der Waals surface area contributed by atoms with Crippen LogP contribution in [0, 0.1) is 12.7 Å². The molecule has 0 saturated heterocycles. The van der Waals surface area contributed by atoms with E-state index >= 15 is 0 Å². The Balaban J connectivity index is 1.38. The van der Waals surface area contributed by atoms with E-state index in [9.17, 15) is 14.0 Å². The van der Waals surface area contributed by atoms with Crippen LogP contribution in [0.1, 0.15) is 46.9 Å². The van der Waals surface area contributed by atoms with Crippen LogP contribution in [-0.4, -0.2) is 39.1 Å². The largest absolute Gasteiger partial charge is 0.497 e. The Labute approximate surface area is 259 Å². The molecule has 0 saturated carbocycles. The SMILES string of the molecule is COc1ccc(CNC(=O)C(c2ccc(F)cc2)N(C(=O)Cn2nnc(-c3ccc(C)o3)n2)c2cccc3c2CCCC3)cc1. The molecule has 5 aromatic rings. The summed E-state index contributed by atoms with van der Waals surface area (Å²) in [5.41, 5.74) is 4.11. The molecule has 1 unspecified atom stereocenters. The number of tetrazole rings is 1. The van der Waals surface area contributed by atoms with E-state index in [0.29, 0.717) is 28.5 Å². The number of benzene rings is 3. The van der Waals surface area contributed by atoms with Gasteiger partial charge in [0.05, 0.1) is 7.11 Å². The number of aromatic nitrogens is 4. The van der Waals surface area contributed by atoms with Crippen molar-refractivity contribution in [3.8, 4) is 17.3 Å². The minimum atomic E-state index is -1.11. The maximum atomic E-state index is 14.4. The topological polar surface area (TPSA) is 115 Å². The van der Waals surface area contributed by atoms with Crippen LogP contribution < -0.4 is 15.0 Å². The van der Waals surface area contributed by atoms with E-state index in [1.807, 2.05) is 43.3 Å². The Hall–Kier alpha value is -5.32. The van der Waals surface area contributed by atoms with E-state index in [1.54, 1.807) is 19.2 Å². The second-order valence-electron chi connectivity index (χ2n) is 11.0. The van der Waals surface area contributed by atoms with Gasteiger partial charge in [-0.25, -0.2) is 4.39 Å². The van der Waals surface area contributed by atoms with Crippen molar-refractivity contribution in [1.82, 2.24) is 25.5 Å². The minimum absolute atomic E-state index is 0.214. The molecule has 0 radical (unpaired) electrons. The normalized spacial score (nSPS) is 13.1. The third kappa shape index (κ3) is 6.62. The van der Waals surface area contributed by atoms with Crippen molar-refractivity contribution in [2.45, 2.75) is 51.7 Å². The highest BCUT2D eigenvalue weighted by Gasteiger charge is 2.35. The molecule has 3 aromatic carbocycles. The van der Waals surface area contributed by atoms with Crippen molar-refractivity contribution >= 4 is 17.5 Å². The highest BCUT2D eigenvalue weighted by molar-refractivity contribution is 6.02. The zero-order chi connectivity index (χ0) is 31.3. The maximum absolute atomic E-state index is 14.4. The molecule has 2 aromatic heterocycles. The molecule has 0 aliphatic heterocycles. The number of nitrogens with zero attached hydrogens (tertiary/aromatic N) is 5. The maximum Gasteiger partial charge on any atom is 0.251 e. The Morgan fingerprint density at radius 1 is 1.02 bits per heavy atom. The molecule has 10 nitrogen and oxygen atoms in total. The van der Waals surface area contributed by atoms with Crippen LogP contribution >= 0.6 is 0 Å². The van der Waals surface area contributed by atoms with Gasteiger partial charge in [-0.05, 0) is 103 Å². The van der Waals surface area contributed by atoms with E-state index < -0.39 is 23.7 Å². The van der Waals surface area contributed by atoms with Crippen molar-refractivity contribution in [3.05, 3.63) is 113 Å². The second kappa shape index (κ2) is 13.1.